The Morgan fingerprint density at radius 3 is 1.75 bits per heavy atom. The Kier molecular flexibility index (Phi) is 17.2. The molecule has 0 aromatic heterocycles. The molecular weight excluding hydrogens is 306 g/mol. The molecule has 0 fully saturated rings. The van der Waals surface area contributed by atoms with Gasteiger partial charge in [0.05, 0.1) is 0 Å². The van der Waals surface area contributed by atoms with Gasteiger partial charge in [-0.2, -0.15) is 0 Å². The number of nitrogens with one attached hydrogen (secondary N) is 1. The zero-order valence-corrected chi connectivity index (χ0v) is 16.5. The van der Waals surface area contributed by atoms with Crippen molar-refractivity contribution in [3.63, 3.8) is 0 Å². The van der Waals surface area contributed by atoms with Crippen molar-refractivity contribution in [1.82, 2.24) is 5.32 Å². The van der Waals surface area contributed by atoms with E-state index < -0.39 is 0 Å². The first kappa shape index (κ1) is 27.4. The minimum absolute atomic E-state index is 0. The lowest BCUT2D eigenvalue weighted by Gasteiger charge is -2.29. The molecule has 1 rings (SSSR count). The molecule has 1 aliphatic rings. The van der Waals surface area contributed by atoms with Crippen molar-refractivity contribution in [2.45, 2.75) is 80.6 Å². The molecule has 2 unspecified atom stereocenters. The van der Waals surface area contributed by atoms with Gasteiger partial charge in [0, 0.05) is 18.6 Å². The van der Waals surface area contributed by atoms with Gasteiger partial charge in [-0.3, -0.25) is 14.9 Å². The van der Waals surface area contributed by atoms with Crippen LogP contribution in [0.4, 0.5) is 0 Å². The van der Waals surface area contributed by atoms with Crippen molar-refractivity contribution in [2.75, 3.05) is 0 Å². The van der Waals surface area contributed by atoms with Crippen LogP contribution in [0, 0.1) is 11.3 Å². The number of Topliss-reactive ketones (excluding diaryl/α,β-unsaturated/α-hetero) is 1. The molecule has 0 bridgehead atoms. The predicted molar refractivity (Wildman–Crippen MR) is 99.6 cm³/mol. The Labute approximate surface area is 147 Å². The topological polar surface area (TPSA) is 94.7 Å². The fraction of sp³-hybridized carbons (Fsp3) is 0.737. The molecule has 24 heavy (non-hydrogen) atoms. The Bertz CT molecular complexity index is 388. The van der Waals surface area contributed by atoms with Gasteiger partial charge in [-0.15, -0.1) is 0 Å². The third-order valence-electron chi connectivity index (χ3n) is 3.70. The second kappa shape index (κ2) is 15.1. The van der Waals surface area contributed by atoms with Crippen LogP contribution in [0.2, 0.25) is 0 Å². The molecule has 2 atom stereocenters. The number of ketones is 1. The molecule has 5 nitrogen and oxygen atoms in total. The number of hydrogen-bond acceptors (Lipinski definition) is 3. The van der Waals surface area contributed by atoms with E-state index in [-0.39, 0.29) is 22.7 Å². The molecule has 0 spiro atoms. The third kappa shape index (κ3) is 15.4. The standard InChI is InChI=1S/C12H24O.C4H3NO2.C3H8.H2O/c1-6-10(3)8-12(5,7-2)9-11(4)13;6-3-1-2-4(7)5-3;1-3-2;/h10H,6-9H2,1-5H3;1-2H,(H,5,6,7);3H2,1-2H3;1H2. The van der Waals surface area contributed by atoms with E-state index in [0.717, 1.165) is 18.8 Å². The van der Waals surface area contributed by atoms with Crippen LogP contribution in [-0.4, -0.2) is 23.1 Å². The quantitative estimate of drug-likeness (QED) is 0.746. The number of amides is 2. The van der Waals surface area contributed by atoms with Gasteiger partial charge in [-0.25, -0.2) is 0 Å². The highest BCUT2D eigenvalue weighted by atomic mass is 16.2. The van der Waals surface area contributed by atoms with E-state index in [4.69, 9.17) is 0 Å². The van der Waals surface area contributed by atoms with Gasteiger partial charge >= 0.3 is 0 Å². The maximum Gasteiger partial charge on any atom is 0.250 e. The highest BCUT2D eigenvalue weighted by Gasteiger charge is 2.25. The minimum Gasteiger partial charge on any atom is -0.412 e. The molecule has 0 radical (unpaired) electrons. The van der Waals surface area contributed by atoms with E-state index in [9.17, 15) is 14.4 Å². The summed E-state index contributed by atoms with van der Waals surface area (Å²) >= 11 is 0. The summed E-state index contributed by atoms with van der Waals surface area (Å²) in [6.45, 7) is 14.9. The van der Waals surface area contributed by atoms with Crippen molar-refractivity contribution < 1.29 is 19.9 Å². The molecule has 142 valence electrons. The lowest BCUT2D eigenvalue weighted by atomic mass is 9.75. The summed E-state index contributed by atoms with van der Waals surface area (Å²) in [5.74, 6) is 0.409. The number of hydrogen-bond donors (Lipinski definition) is 1. The molecule has 0 aromatic carbocycles. The fourth-order valence-corrected chi connectivity index (χ4v) is 2.28. The Morgan fingerprint density at radius 2 is 1.54 bits per heavy atom. The lowest BCUT2D eigenvalue weighted by molar-refractivity contribution is -0.123. The van der Waals surface area contributed by atoms with Crippen LogP contribution in [0.1, 0.15) is 80.6 Å². The van der Waals surface area contributed by atoms with Crippen molar-refractivity contribution in [3.8, 4) is 0 Å². The van der Waals surface area contributed by atoms with E-state index in [0.29, 0.717) is 5.78 Å². The fourth-order valence-electron chi connectivity index (χ4n) is 2.28. The van der Waals surface area contributed by atoms with Gasteiger partial charge in [0.2, 0.25) is 0 Å². The first-order chi connectivity index (χ1) is 10.6. The summed E-state index contributed by atoms with van der Waals surface area (Å²) in [6, 6.07) is 0. The predicted octanol–water partition coefficient (Wildman–Crippen LogP) is 3.61. The van der Waals surface area contributed by atoms with Gasteiger partial charge in [0.25, 0.3) is 11.8 Å². The Hall–Kier alpha value is -1.49. The second-order valence-electron chi connectivity index (χ2n) is 6.65. The summed E-state index contributed by atoms with van der Waals surface area (Å²) in [5, 5.41) is 2.03. The van der Waals surface area contributed by atoms with E-state index in [1.54, 1.807) is 6.92 Å². The first-order valence-electron chi connectivity index (χ1n) is 8.66. The molecule has 0 saturated heterocycles. The van der Waals surface area contributed by atoms with Crippen LogP contribution < -0.4 is 5.32 Å². The van der Waals surface area contributed by atoms with E-state index >= 15 is 0 Å². The molecule has 3 N–H and O–H groups in total. The normalized spacial score (nSPS) is 15.6. The number of imide groups is 1. The van der Waals surface area contributed by atoms with E-state index in [2.05, 4.69) is 41.5 Å². The van der Waals surface area contributed by atoms with E-state index in [1.165, 1.54) is 31.4 Å². The van der Waals surface area contributed by atoms with Crippen LogP contribution >= 0.6 is 0 Å². The molecule has 0 saturated carbocycles. The average Bonchev–Trinajstić information content (AvgIpc) is 2.83. The van der Waals surface area contributed by atoms with Crippen LogP contribution in [0.25, 0.3) is 0 Å². The van der Waals surface area contributed by atoms with Crippen molar-refractivity contribution in [1.29, 1.82) is 0 Å². The smallest absolute Gasteiger partial charge is 0.250 e. The maximum absolute atomic E-state index is 11.1. The lowest BCUT2D eigenvalue weighted by Crippen LogP contribution is -2.21. The number of carbonyl (C=O) groups excluding carboxylic acids is 3. The number of carbonyl (C=O) groups is 3. The SMILES string of the molecule is CCC.CCC(C)CC(C)(CC)CC(C)=O.O.O=C1C=CC(=O)N1. The molecule has 0 aromatic rings. The first-order valence-corrected chi connectivity index (χ1v) is 8.66. The van der Waals surface area contributed by atoms with Gasteiger partial charge in [0.1, 0.15) is 5.78 Å². The van der Waals surface area contributed by atoms with Crippen LogP contribution in [0.5, 0.6) is 0 Å². The summed E-state index contributed by atoms with van der Waals surface area (Å²) in [7, 11) is 0. The minimum atomic E-state index is -0.329. The van der Waals surface area contributed by atoms with Crippen LogP contribution in [0.3, 0.4) is 0 Å². The Balaban J connectivity index is -0.000000336. The van der Waals surface area contributed by atoms with Crippen molar-refractivity contribution in [3.05, 3.63) is 12.2 Å². The molecule has 1 aliphatic heterocycles. The largest absolute Gasteiger partial charge is 0.412 e. The zero-order chi connectivity index (χ0) is 18.5. The summed E-state index contributed by atoms with van der Waals surface area (Å²) in [4.78, 5) is 31.2. The molecule has 5 heteroatoms. The highest BCUT2D eigenvalue weighted by molar-refractivity contribution is 6.12. The van der Waals surface area contributed by atoms with Crippen molar-refractivity contribution in [2.24, 2.45) is 11.3 Å². The van der Waals surface area contributed by atoms with Gasteiger partial charge in [0.15, 0.2) is 0 Å². The van der Waals surface area contributed by atoms with Crippen LogP contribution in [-0.2, 0) is 14.4 Å². The highest BCUT2D eigenvalue weighted by Crippen LogP contribution is 2.34. The zero-order valence-electron chi connectivity index (χ0n) is 16.5. The molecule has 0 aliphatic carbocycles. The monoisotopic (exact) mass is 343 g/mol. The molecule has 2 amide bonds. The number of rotatable bonds is 6. The van der Waals surface area contributed by atoms with Gasteiger partial charge in [-0.1, -0.05) is 60.8 Å². The maximum atomic E-state index is 11.1. The second-order valence-corrected chi connectivity index (χ2v) is 6.65. The van der Waals surface area contributed by atoms with Crippen LogP contribution in [0.15, 0.2) is 12.2 Å². The van der Waals surface area contributed by atoms with Gasteiger partial charge in [-0.05, 0) is 24.7 Å². The third-order valence-corrected chi connectivity index (χ3v) is 3.70. The van der Waals surface area contributed by atoms with E-state index in [1.807, 2.05) is 5.32 Å². The summed E-state index contributed by atoms with van der Waals surface area (Å²) in [6.07, 6.45) is 7.89. The molecule has 1 heterocycles. The summed E-state index contributed by atoms with van der Waals surface area (Å²) < 4.78 is 0. The molecular formula is C19H37NO4. The van der Waals surface area contributed by atoms with Gasteiger partial charge < -0.3 is 10.3 Å². The Morgan fingerprint density at radius 1 is 1.12 bits per heavy atom. The summed E-state index contributed by atoms with van der Waals surface area (Å²) in [5.41, 5.74) is 0.237. The van der Waals surface area contributed by atoms with Crippen molar-refractivity contribution >= 4 is 17.6 Å². The average molecular weight is 344 g/mol.